The quantitative estimate of drug-likeness (QED) is 0.827. The van der Waals surface area contributed by atoms with Crippen molar-refractivity contribution in [2.24, 2.45) is 0 Å². The van der Waals surface area contributed by atoms with Gasteiger partial charge < -0.3 is 19.8 Å². The molecule has 3 heterocycles. The average molecular weight is 405 g/mol. The molecular weight excluding hydrogens is 378 g/mol. The van der Waals surface area contributed by atoms with E-state index in [0.717, 1.165) is 35.6 Å². The van der Waals surface area contributed by atoms with Crippen molar-refractivity contribution in [2.75, 3.05) is 20.2 Å². The molecule has 1 spiro atoms. The van der Waals surface area contributed by atoms with E-state index in [-0.39, 0.29) is 11.9 Å². The van der Waals surface area contributed by atoms with Crippen molar-refractivity contribution in [1.82, 2.24) is 15.3 Å². The van der Waals surface area contributed by atoms with Crippen LogP contribution in [0.3, 0.4) is 0 Å². The molecule has 156 valence electrons. The number of amides is 1. The van der Waals surface area contributed by atoms with Gasteiger partial charge in [0.15, 0.2) is 5.72 Å². The smallest absolute Gasteiger partial charge is 0.219 e. The molecule has 3 aliphatic rings. The van der Waals surface area contributed by atoms with E-state index >= 15 is 0 Å². The number of ether oxygens (including phenoxy) is 2. The summed E-state index contributed by atoms with van der Waals surface area (Å²) in [6.45, 7) is 5.13. The van der Waals surface area contributed by atoms with Crippen LogP contribution in [0.5, 0.6) is 11.5 Å². The zero-order valence-electron chi connectivity index (χ0n) is 17.6. The average Bonchev–Trinajstić information content (AvgIpc) is 3.22. The minimum absolute atomic E-state index is 0.0784. The minimum Gasteiger partial charge on any atom is -0.497 e. The van der Waals surface area contributed by atoms with Gasteiger partial charge >= 0.3 is 0 Å². The fourth-order valence-electron chi connectivity index (χ4n) is 4.74. The van der Waals surface area contributed by atoms with E-state index in [9.17, 15) is 4.79 Å². The molecule has 0 saturated carbocycles. The SMILES string of the molecule is COc1ccc(C2=C[C@H]3c4cc(C)ccc4OC4(CCN(C(C)=O)CC4)N3N2)cc1. The molecule has 1 fully saturated rings. The van der Waals surface area contributed by atoms with Crippen molar-refractivity contribution in [1.29, 1.82) is 0 Å². The summed E-state index contributed by atoms with van der Waals surface area (Å²) in [6.07, 6.45) is 3.79. The highest BCUT2D eigenvalue weighted by molar-refractivity contribution is 5.73. The van der Waals surface area contributed by atoms with Crippen LogP contribution in [0.15, 0.2) is 48.5 Å². The Labute approximate surface area is 177 Å². The van der Waals surface area contributed by atoms with Crippen LogP contribution in [-0.2, 0) is 4.79 Å². The topological polar surface area (TPSA) is 54.0 Å². The number of hydrogen-bond acceptors (Lipinski definition) is 5. The summed E-state index contributed by atoms with van der Waals surface area (Å²) in [5, 5.41) is 2.26. The van der Waals surface area contributed by atoms with Gasteiger partial charge in [-0.05, 0) is 48.9 Å². The molecule has 0 aliphatic carbocycles. The van der Waals surface area contributed by atoms with Gasteiger partial charge in [-0.25, -0.2) is 0 Å². The number of nitrogens with one attached hydrogen (secondary N) is 1. The Balaban J connectivity index is 1.52. The summed E-state index contributed by atoms with van der Waals surface area (Å²) >= 11 is 0. The third-order valence-electron chi connectivity index (χ3n) is 6.46. The lowest BCUT2D eigenvalue weighted by Crippen LogP contribution is -2.64. The van der Waals surface area contributed by atoms with Gasteiger partial charge in [-0.2, -0.15) is 5.01 Å². The van der Waals surface area contributed by atoms with Crippen molar-refractivity contribution in [3.8, 4) is 11.5 Å². The molecule has 0 unspecified atom stereocenters. The molecular formula is C24H27N3O3. The van der Waals surface area contributed by atoms with Crippen LogP contribution in [0, 0.1) is 6.92 Å². The first-order valence-electron chi connectivity index (χ1n) is 10.5. The third-order valence-corrected chi connectivity index (χ3v) is 6.46. The van der Waals surface area contributed by atoms with Crippen LogP contribution in [0.2, 0.25) is 0 Å². The van der Waals surface area contributed by atoms with Gasteiger partial charge in [0.25, 0.3) is 0 Å². The zero-order chi connectivity index (χ0) is 20.9. The molecule has 0 aromatic heterocycles. The number of nitrogens with zero attached hydrogens (tertiary/aromatic N) is 2. The maximum Gasteiger partial charge on any atom is 0.219 e. The molecule has 1 amide bonds. The molecule has 30 heavy (non-hydrogen) atoms. The first-order chi connectivity index (χ1) is 14.5. The predicted molar refractivity (Wildman–Crippen MR) is 115 cm³/mol. The summed E-state index contributed by atoms with van der Waals surface area (Å²) < 4.78 is 12.0. The van der Waals surface area contributed by atoms with Gasteiger partial charge in [0.05, 0.1) is 18.8 Å². The van der Waals surface area contributed by atoms with Crippen molar-refractivity contribution >= 4 is 11.6 Å². The minimum atomic E-state index is -0.483. The van der Waals surface area contributed by atoms with Crippen molar-refractivity contribution in [3.63, 3.8) is 0 Å². The van der Waals surface area contributed by atoms with E-state index in [2.05, 4.69) is 53.8 Å². The molecule has 5 rings (SSSR count). The second kappa shape index (κ2) is 7.06. The van der Waals surface area contributed by atoms with E-state index < -0.39 is 5.72 Å². The molecule has 1 atom stereocenters. The molecule has 0 bridgehead atoms. The van der Waals surface area contributed by atoms with Gasteiger partial charge in [-0.1, -0.05) is 17.7 Å². The number of fused-ring (bicyclic) bond motifs is 4. The lowest BCUT2D eigenvalue weighted by atomic mass is 9.92. The number of hydrazine groups is 1. The highest BCUT2D eigenvalue weighted by Crippen LogP contribution is 2.48. The largest absolute Gasteiger partial charge is 0.497 e. The first kappa shape index (κ1) is 19.0. The molecule has 0 radical (unpaired) electrons. The molecule has 3 aliphatic heterocycles. The zero-order valence-corrected chi connectivity index (χ0v) is 17.6. The van der Waals surface area contributed by atoms with Crippen LogP contribution >= 0.6 is 0 Å². The van der Waals surface area contributed by atoms with Gasteiger partial charge in [-0.15, -0.1) is 0 Å². The first-order valence-corrected chi connectivity index (χ1v) is 10.5. The van der Waals surface area contributed by atoms with Gasteiger partial charge in [0.1, 0.15) is 11.5 Å². The van der Waals surface area contributed by atoms with Crippen LogP contribution in [0.1, 0.15) is 42.5 Å². The maximum absolute atomic E-state index is 11.9. The summed E-state index contributed by atoms with van der Waals surface area (Å²) in [5.74, 6) is 1.90. The van der Waals surface area contributed by atoms with E-state index in [1.807, 2.05) is 17.0 Å². The molecule has 6 heteroatoms. The standard InChI is InChI=1S/C24H27N3O3/c1-16-4-9-23-20(14-16)22-15-21(18-5-7-19(29-3)8-6-18)25-27(22)24(30-23)10-12-26(13-11-24)17(2)28/h4-9,14-15,22,25H,10-13H2,1-3H3/t22-/m0/s1. The van der Waals surface area contributed by atoms with Crippen LogP contribution in [0.4, 0.5) is 0 Å². The van der Waals surface area contributed by atoms with Crippen LogP contribution in [-0.4, -0.2) is 41.7 Å². The number of piperidine rings is 1. The predicted octanol–water partition coefficient (Wildman–Crippen LogP) is 3.64. The summed E-state index contributed by atoms with van der Waals surface area (Å²) in [4.78, 5) is 13.8. The number of hydrogen-bond donors (Lipinski definition) is 1. The van der Waals surface area contributed by atoms with Crippen LogP contribution in [0.25, 0.3) is 5.70 Å². The number of rotatable bonds is 2. The fourth-order valence-corrected chi connectivity index (χ4v) is 4.74. The number of aryl methyl sites for hydroxylation is 1. The lowest BCUT2D eigenvalue weighted by molar-refractivity contribution is -0.165. The van der Waals surface area contributed by atoms with Gasteiger partial charge in [-0.3, -0.25) is 4.79 Å². The molecule has 1 N–H and O–H groups in total. The van der Waals surface area contributed by atoms with Gasteiger partial charge in [0, 0.05) is 38.4 Å². The van der Waals surface area contributed by atoms with Crippen molar-refractivity contribution < 1.29 is 14.3 Å². The number of methoxy groups -OCH3 is 1. The lowest BCUT2D eigenvalue weighted by Gasteiger charge is -2.51. The normalized spacial score (nSPS) is 21.9. The number of carbonyl (C=O) groups excluding carboxylic acids is 1. The fraction of sp³-hybridized carbons (Fsp3) is 0.375. The Hall–Kier alpha value is -2.99. The summed E-state index contributed by atoms with van der Waals surface area (Å²) in [6, 6.07) is 14.6. The second-order valence-electron chi connectivity index (χ2n) is 8.33. The monoisotopic (exact) mass is 405 g/mol. The van der Waals surface area contributed by atoms with E-state index in [1.165, 1.54) is 11.1 Å². The molecule has 2 aromatic carbocycles. The summed E-state index contributed by atoms with van der Waals surface area (Å²) in [7, 11) is 1.68. The third kappa shape index (κ3) is 3.03. The Morgan fingerprint density at radius 2 is 1.90 bits per heavy atom. The van der Waals surface area contributed by atoms with Crippen LogP contribution < -0.4 is 14.9 Å². The Morgan fingerprint density at radius 1 is 1.17 bits per heavy atom. The highest BCUT2D eigenvalue weighted by atomic mass is 16.5. The molecule has 1 saturated heterocycles. The Kier molecular flexibility index (Phi) is 4.47. The second-order valence-corrected chi connectivity index (χ2v) is 8.33. The molecule has 6 nitrogen and oxygen atoms in total. The number of carbonyl (C=O) groups is 1. The van der Waals surface area contributed by atoms with Crippen molar-refractivity contribution in [2.45, 2.75) is 38.5 Å². The maximum atomic E-state index is 11.9. The van der Waals surface area contributed by atoms with E-state index in [0.29, 0.717) is 13.1 Å². The van der Waals surface area contributed by atoms with Crippen molar-refractivity contribution in [3.05, 3.63) is 65.2 Å². The van der Waals surface area contributed by atoms with E-state index in [4.69, 9.17) is 9.47 Å². The number of likely N-dealkylation sites (tertiary alicyclic amines) is 1. The Bertz CT molecular complexity index is 1010. The van der Waals surface area contributed by atoms with Gasteiger partial charge in [0.2, 0.25) is 5.91 Å². The Morgan fingerprint density at radius 3 is 2.57 bits per heavy atom. The summed E-state index contributed by atoms with van der Waals surface area (Å²) in [5.41, 5.74) is 7.71. The van der Waals surface area contributed by atoms with E-state index in [1.54, 1.807) is 14.0 Å². The highest BCUT2D eigenvalue weighted by Gasteiger charge is 2.51. The number of benzene rings is 2. The molecule has 2 aromatic rings.